The zero-order valence-electron chi connectivity index (χ0n) is 15.3. The first-order valence-electron chi connectivity index (χ1n) is 8.47. The Morgan fingerprint density at radius 3 is 2.36 bits per heavy atom. The number of ether oxygens (including phenoxy) is 2. The lowest BCUT2D eigenvalue weighted by molar-refractivity contribution is 0.0602. The van der Waals surface area contributed by atoms with Gasteiger partial charge in [0, 0.05) is 16.6 Å². The Morgan fingerprint density at radius 2 is 1.75 bits per heavy atom. The summed E-state index contributed by atoms with van der Waals surface area (Å²) in [5, 5.41) is 1.65. The highest BCUT2D eigenvalue weighted by molar-refractivity contribution is 7.93. The smallest absolute Gasteiger partial charge is 0.349 e. The van der Waals surface area contributed by atoms with E-state index in [1.54, 1.807) is 53.9 Å². The third kappa shape index (κ3) is 4.18. The van der Waals surface area contributed by atoms with Crippen molar-refractivity contribution in [3.05, 3.63) is 64.9 Å². The first-order chi connectivity index (χ1) is 13.5. The summed E-state index contributed by atoms with van der Waals surface area (Å²) < 4.78 is 39.0. The fourth-order valence-electron chi connectivity index (χ4n) is 2.66. The lowest BCUT2D eigenvalue weighted by Crippen LogP contribution is -2.16. The lowest BCUT2D eigenvalue weighted by atomic mass is 10.1. The van der Waals surface area contributed by atoms with Crippen LogP contribution >= 0.6 is 11.3 Å². The highest BCUT2D eigenvalue weighted by Gasteiger charge is 2.29. The van der Waals surface area contributed by atoms with Crippen molar-refractivity contribution in [1.29, 1.82) is 0 Å². The maximum Gasteiger partial charge on any atom is 0.349 e. The molecule has 0 amide bonds. The second-order valence-corrected chi connectivity index (χ2v) is 8.23. The number of carbonyl (C=O) groups is 1. The van der Waals surface area contributed by atoms with Crippen molar-refractivity contribution in [1.82, 2.24) is 0 Å². The number of thiophene rings is 1. The molecular formula is C20H19NO5S2. The zero-order valence-corrected chi connectivity index (χ0v) is 17.0. The summed E-state index contributed by atoms with van der Waals surface area (Å²) in [6, 6.07) is 15.6. The summed E-state index contributed by atoms with van der Waals surface area (Å²) in [7, 11) is -2.82. The molecule has 146 valence electrons. The van der Waals surface area contributed by atoms with E-state index in [-0.39, 0.29) is 9.77 Å². The van der Waals surface area contributed by atoms with Crippen LogP contribution in [0.25, 0.3) is 11.1 Å². The predicted octanol–water partition coefficient (Wildman–Crippen LogP) is 4.40. The molecule has 0 saturated heterocycles. The van der Waals surface area contributed by atoms with E-state index >= 15 is 0 Å². The van der Waals surface area contributed by atoms with Crippen LogP contribution in [0.2, 0.25) is 0 Å². The third-order valence-electron chi connectivity index (χ3n) is 3.89. The van der Waals surface area contributed by atoms with Gasteiger partial charge in [0.15, 0.2) is 0 Å². The van der Waals surface area contributed by atoms with Gasteiger partial charge in [-0.3, -0.25) is 4.72 Å². The number of esters is 1. The molecule has 0 radical (unpaired) electrons. The van der Waals surface area contributed by atoms with Gasteiger partial charge in [0.25, 0.3) is 10.0 Å². The van der Waals surface area contributed by atoms with Gasteiger partial charge in [0.05, 0.1) is 13.7 Å². The van der Waals surface area contributed by atoms with Crippen LogP contribution in [0.5, 0.6) is 5.75 Å². The molecule has 2 aromatic carbocycles. The van der Waals surface area contributed by atoms with Crippen LogP contribution in [0.4, 0.5) is 5.69 Å². The maximum absolute atomic E-state index is 13.2. The number of rotatable bonds is 7. The minimum Gasteiger partial charge on any atom is -0.494 e. The molecule has 0 aliphatic carbocycles. The number of hydrogen-bond donors (Lipinski definition) is 1. The van der Waals surface area contributed by atoms with Crippen molar-refractivity contribution in [3.8, 4) is 16.9 Å². The average Bonchev–Trinajstić information content (AvgIpc) is 3.16. The molecule has 1 aromatic heterocycles. The van der Waals surface area contributed by atoms with Gasteiger partial charge in [0.1, 0.15) is 15.5 Å². The first-order valence-corrected chi connectivity index (χ1v) is 10.8. The van der Waals surface area contributed by atoms with E-state index in [1.165, 1.54) is 7.11 Å². The van der Waals surface area contributed by atoms with E-state index < -0.39 is 16.0 Å². The largest absolute Gasteiger partial charge is 0.494 e. The van der Waals surface area contributed by atoms with E-state index in [0.29, 0.717) is 29.2 Å². The summed E-state index contributed by atoms with van der Waals surface area (Å²) >= 11 is 1.04. The molecular weight excluding hydrogens is 398 g/mol. The Bertz CT molecular complexity index is 1060. The maximum atomic E-state index is 13.2. The molecule has 8 heteroatoms. The molecule has 1 N–H and O–H groups in total. The Morgan fingerprint density at radius 1 is 1.07 bits per heavy atom. The lowest BCUT2D eigenvalue weighted by Gasteiger charge is -2.12. The van der Waals surface area contributed by atoms with Crippen molar-refractivity contribution in [2.75, 3.05) is 18.4 Å². The fourth-order valence-corrected chi connectivity index (χ4v) is 5.43. The van der Waals surface area contributed by atoms with Gasteiger partial charge in [-0.15, -0.1) is 11.3 Å². The fraction of sp³-hybridized carbons (Fsp3) is 0.150. The minimum atomic E-state index is -4.04. The molecule has 0 fully saturated rings. The van der Waals surface area contributed by atoms with Gasteiger partial charge >= 0.3 is 5.97 Å². The van der Waals surface area contributed by atoms with Crippen LogP contribution in [-0.4, -0.2) is 28.1 Å². The van der Waals surface area contributed by atoms with Gasteiger partial charge in [0.2, 0.25) is 0 Å². The number of hydrogen-bond acceptors (Lipinski definition) is 6. The molecule has 1 heterocycles. The number of methoxy groups -OCH3 is 1. The zero-order chi connectivity index (χ0) is 20.1. The van der Waals surface area contributed by atoms with Crippen LogP contribution < -0.4 is 9.46 Å². The quantitative estimate of drug-likeness (QED) is 0.576. The van der Waals surface area contributed by atoms with Crippen LogP contribution in [0.1, 0.15) is 16.6 Å². The van der Waals surface area contributed by atoms with Gasteiger partial charge in [-0.05, 0) is 36.8 Å². The van der Waals surface area contributed by atoms with Gasteiger partial charge in [-0.2, -0.15) is 0 Å². The van der Waals surface area contributed by atoms with Crippen LogP contribution in [-0.2, 0) is 14.8 Å². The van der Waals surface area contributed by atoms with Crippen LogP contribution in [0.15, 0.2) is 64.9 Å². The molecule has 0 unspecified atom stereocenters. The standard InChI is InChI=1S/C20H19NO5S2/c1-3-26-16-11-9-15(10-12-16)21-28(23,24)19-17(14-7-5-4-6-8-14)13-27-18(19)20(22)25-2/h4-13,21H,3H2,1-2H3. The summed E-state index contributed by atoms with van der Waals surface area (Å²) in [6.07, 6.45) is 0. The Balaban J connectivity index is 2.04. The van der Waals surface area contributed by atoms with Crippen molar-refractivity contribution < 1.29 is 22.7 Å². The molecule has 0 aliphatic heterocycles. The van der Waals surface area contributed by atoms with Crippen molar-refractivity contribution in [3.63, 3.8) is 0 Å². The minimum absolute atomic E-state index is 0.0276. The summed E-state index contributed by atoms with van der Waals surface area (Å²) in [5.41, 5.74) is 1.51. The highest BCUT2D eigenvalue weighted by Crippen LogP contribution is 2.36. The first kappa shape index (κ1) is 19.9. The molecule has 0 spiro atoms. The second kappa shape index (κ2) is 8.45. The van der Waals surface area contributed by atoms with E-state index in [0.717, 1.165) is 11.3 Å². The van der Waals surface area contributed by atoms with Crippen molar-refractivity contribution >= 4 is 33.0 Å². The van der Waals surface area contributed by atoms with Gasteiger partial charge < -0.3 is 9.47 Å². The molecule has 0 atom stereocenters. The average molecular weight is 418 g/mol. The van der Waals surface area contributed by atoms with E-state index in [4.69, 9.17) is 9.47 Å². The SMILES string of the molecule is CCOc1ccc(NS(=O)(=O)c2c(-c3ccccc3)csc2C(=O)OC)cc1. The van der Waals surface area contributed by atoms with Crippen molar-refractivity contribution in [2.24, 2.45) is 0 Å². The second-order valence-electron chi connectivity index (χ2n) is 5.73. The molecule has 6 nitrogen and oxygen atoms in total. The highest BCUT2D eigenvalue weighted by atomic mass is 32.2. The Labute approximate surface area is 167 Å². The predicted molar refractivity (Wildman–Crippen MR) is 110 cm³/mol. The number of anilines is 1. The number of carbonyl (C=O) groups excluding carboxylic acids is 1. The number of nitrogens with one attached hydrogen (secondary N) is 1. The molecule has 3 aromatic rings. The molecule has 28 heavy (non-hydrogen) atoms. The third-order valence-corrected chi connectivity index (χ3v) is 6.44. The monoisotopic (exact) mass is 417 g/mol. The summed E-state index contributed by atoms with van der Waals surface area (Å²) in [6.45, 7) is 2.38. The molecule has 3 rings (SSSR count). The normalized spacial score (nSPS) is 11.1. The van der Waals surface area contributed by atoms with Gasteiger partial charge in [-0.25, -0.2) is 13.2 Å². The Hall–Kier alpha value is -2.84. The van der Waals surface area contributed by atoms with E-state index in [9.17, 15) is 13.2 Å². The topological polar surface area (TPSA) is 81.7 Å². The van der Waals surface area contributed by atoms with Crippen LogP contribution in [0, 0.1) is 0 Å². The number of sulfonamides is 1. The number of benzene rings is 2. The van der Waals surface area contributed by atoms with E-state index in [1.807, 2.05) is 13.0 Å². The van der Waals surface area contributed by atoms with Gasteiger partial charge in [-0.1, -0.05) is 30.3 Å². The van der Waals surface area contributed by atoms with Crippen LogP contribution in [0.3, 0.4) is 0 Å². The summed E-state index contributed by atoms with van der Waals surface area (Å²) in [4.78, 5) is 12.1. The summed E-state index contributed by atoms with van der Waals surface area (Å²) in [5.74, 6) is -0.0551. The molecule has 0 aliphatic rings. The van der Waals surface area contributed by atoms with Crippen molar-refractivity contribution in [2.45, 2.75) is 11.8 Å². The molecule has 0 saturated carbocycles. The van der Waals surface area contributed by atoms with E-state index in [2.05, 4.69) is 4.72 Å². The Kier molecular flexibility index (Phi) is 6.01. The molecule has 0 bridgehead atoms.